The van der Waals surface area contributed by atoms with Gasteiger partial charge in [-0.3, -0.25) is 4.99 Å². The summed E-state index contributed by atoms with van der Waals surface area (Å²) < 4.78 is 1.86. The van der Waals surface area contributed by atoms with Crippen molar-refractivity contribution >= 4 is 11.6 Å². The number of aliphatic imine (C=N–C) groups is 1. The van der Waals surface area contributed by atoms with Gasteiger partial charge in [0.05, 0.1) is 11.4 Å². The van der Waals surface area contributed by atoms with Gasteiger partial charge in [0.2, 0.25) is 0 Å². The van der Waals surface area contributed by atoms with E-state index in [1.807, 2.05) is 62.1 Å². The second-order valence-electron chi connectivity index (χ2n) is 7.73. The number of piperazine rings is 1. The van der Waals surface area contributed by atoms with Crippen LogP contribution in [0.1, 0.15) is 17.0 Å². The highest BCUT2D eigenvalue weighted by molar-refractivity contribution is 5.80. The number of rotatable bonds is 4. The third-order valence-electron chi connectivity index (χ3n) is 5.50. The van der Waals surface area contributed by atoms with Crippen LogP contribution in [0.25, 0.3) is 5.82 Å². The van der Waals surface area contributed by atoms with Gasteiger partial charge in [-0.2, -0.15) is 5.10 Å². The van der Waals surface area contributed by atoms with Crippen molar-refractivity contribution in [3.63, 3.8) is 0 Å². The lowest BCUT2D eigenvalue weighted by atomic mass is 10.2. The molecular formula is C23H29N7O. The van der Waals surface area contributed by atoms with Crippen LogP contribution in [-0.2, 0) is 6.54 Å². The molecule has 0 atom stereocenters. The Bertz CT molecular complexity index is 1050. The van der Waals surface area contributed by atoms with Gasteiger partial charge in [0.1, 0.15) is 5.75 Å². The first-order valence-electron chi connectivity index (χ1n) is 10.5. The molecule has 0 bridgehead atoms. The van der Waals surface area contributed by atoms with Gasteiger partial charge in [-0.15, -0.1) is 0 Å². The van der Waals surface area contributed by atoms with E-state index in [1.54, 1.807) is 6.07 Å². The molecule has 1 fully saturated rings. The predicted octanol–water partition coefficient (Wildman–Crippen LogP) is 2.49. The number of aromatic nitrogens is 3. The minimum Gasteiger partial charge on any atom is -0.506 e. The predicted molar refractivity (Wildman–Crippen MR) is 123 cm³/mol. The third-order valence-corrected chi connectivity index (χ3v) is 5.50. The smallest absolute Gasteiger partial charge is 0.194 e. The van der Waals surface area contributed by atoms with E-state index in [9.17, 15) is 5.11 Å². The van der Waals surface area contributed by atoms with Crippen molar-refractivity contribution < 1.29 is 5.11 Å². The molecule has 0 aliphatic carbocycles. The average Bonchev–Trinajstić information content (AvgIpc) is 3.13. The van der Waals surface area contributed by atoms with E-state index >= 15 is 0 Å². The lowest BCUT2D eigenvalue weighted by Gasteiger charge is -2.37. The lowest BCUT2D eigenvalue weighted by Crippen LogP contribution is -2.52. The normalized spacial score (nSPS) is 14.7. The summed E-state index contributed by atoms with van der Waals surface area (Å²) >= 11 is 0. The van der Waals surface area contributed by atoms with Crippen LogP contribution in [0, 0.1) is 13.8 Å². The minimum atomic E-state index is 0.329. The number of guanidine groups is 1. The number of hydrogen-bond donors (Lipinski definition) is 2. The van der Waals surface area contributed by atoms with E-state index in [0.717, 1.165) is 60.6 Å². The Hall–Kier alpha value is -3.55. The first-order valence-corrected chi connectivity index (χ1v) is 10.5. The molecule has 0 amide bonds. The maximum atomic E-state index is 10.1. The molecule has 162 valence electrons. The van der Waals surface area contributed by atoms with E-state index in [1.165, 1.54) is 0 Å². The van der Waals surface area contributed by atoms with Crippen LogP contribution in [-0.4, -0.2) is 64.0 Å². The van der Waals surface area contributed by atoms with E-state index in [0.29, 0.717) is 12.3 Å². The lowest BCUT2D eigenvalue weighted by molar-refractivity contribution is 0.369. The zero-order valence-corrected chi connectivity index (χ0v) is 18.3. The highest BCUT2D eigenvalue weighted by atomic mass is 16.3. The van der Waals surface area contributed by atoms with Crippen LogP contribution in [0.3, 0.4) is 0 Å². The summed E-state index contributed by atoms with van der Waals surface area (Å²) in [5.41, 5.74) is 4.02. The maximum Gasteiger partial charge on any atom is 0.194 e. The number of phenols is 1. The molecule has 3 heterocycles. The van der Waals surface area contributed by atoms with Crippen LogP contribution >= 0.6 is 0 Å². The van der Waals surface area contributed by atoms with E-state index in [-0.39, 0.29) is 0 Å². The van der Waals surface area contributed by atoms with Crippen LogP contribution in [0.2, 0.25) is 0 Å². The fourth-order valence-corrected chi connectivity index (χ4v) is 3.91. The first kappa shape index (κ1) is 20.7. The standard InChI is InChI=1S/C23H29N7O/c1-17-14-18(2)30(27-17)22-9-8-19(15-25-22)16-26-23(24-3)29-12-10-28(11-13-29)20-6-4-5-7-21(20)31/h4-9,14-15,31H,10-13,16H2,1-3H3,(H,24,26). The molecule has 2 aromatic heterocycles. The molecule has 0 unspecified atom stereocenters. The average molecular weight is 420 g/mol. The van der Waals surface area contributed by atoms with Crippen molar-refractivity contribution in [2.75, 3.05) is 38.1 Å². The van der Waals surface area contributed by atoms with Crippen LogP contribution in [0.15, 0.2) is 53.7 Å². The van der Waals surface area contributed by atoms with Gasteiger partial charge in [-0.05, 0) is 43.7 Å². The van der Waals surface area contributed by atoms with Gasteiger partial charge in [-0.1, -0.05) is 18.2 Å². The Morgan fingerprint density at radius 3 is 2.48 bits per heavy atom. The molecule has 0 spiro atoms. The molecule has 1 aromatic carbocycles. The quantitative estimate of drug-likeness (QED) is 0.500. The second kappa shape index (κ2) is 9.07. The summed E-state index contributed by atoms with van der Waals surface area (Å²) in [5, 5.41) is 18.0. The molecule has 4 rings (SSSR count). The number of pyridine rings is 1. The van der Waals surface area contributed by atoms with Gasteiger partial charge >= 0.3 is 0 Å². The van der Waals surface area contributed by atoms with Crippen molar-refractivity contribution in [1.82, 2.24) is 25.0 Å². The fraction of sp³-hybridized carbons (Fsp3) is 0.348. The van der Waals surface area contributed by atoms with Crippen LogP contribution in [0.5, 0.6) is 5.75 Å². The molecule has 1 saturated heterocycles. The van der Waals surface area contributed by atoms with Crippen molar-refractivity contribution in [2.24, 2.45) is 4.99 Å². The molecule has 0 radical (unpaired) electrons. The molecule has 8 heteroatoms. The topological polar surface area (TPSA) is 81.8 Å². The summed E-state index contributed by atoms with van der Waals surface area (Å²) in [4.78, 5) is 13.5. The molecule has 3 aromatic rings. The Balaban J connectivity index is 1.33. The molecule has 8 nitrogen and oxygen atoms in total. The SMILES string of the molecule is CN=C(NCc1ccc(-n2nc(C)cc2C)nc1)N1CCN(c2ccccc2O)CC1. The Morgan fingerprint density at radius 2 is 1.87 bits per heavy atom. The minimum absolute atomic E-state index is 0.329. The van der Waals surface area contributed by atoms with Crippen LogP contribution in [0.4, 0.5) is 5.69 Å². The van der Waals surface area contributed by atoms with E-state index in [4.69, 9.17) is 0 Å². The van der Waals surface area contributed by atoms with Crippen molar-refractivity contribution in [3.05, 3.63) is 65.6 Å². The number of para-hydroxylation sites is 2. The fourth-order valence-electron chi connectivity index (χ4n) is 3.91. The Labute approximate surface area is 182 Å². The largest absolute Gasteiger partial charge is 0.506 e. The zero-order chi connectivity index (χ0) is 21.8. The Morgan fingerprint density at radius 1 is 1.10 bits per heavy atom. The number of benzene rings is 1. The summed E-state index contributed by atoms with van der Waals surface area (Å²) in [5.74, 6) is 2.02. The summed E-state index contributed by atoms with van der Waals surface area (Å²) in [6.45, 7) is 7.99. The highest BCUT2D eigenvalue weighted by Gasteiger charge is 2.21. The Kier molecular flexibility index (Phi) is 6.06. The second-order valence-corrected chi connectivity index (χ2v) is 7.73. The van der Waals surface area contributed by atoms with Gasteiger partial charge in [0, 0.05) is 51.7 Å². The monoisotopic (exact) mass is 419 g/mol. The number of nitrogens with zero attached hydrogens (tertiary/aromatic N) is 6. The van der Waals surface area contributed by atoms with E-state index < -0.39 is 0 Å². The number of nitrogens with one attached hydrogen (secondary N) is 1. The van der Waals surface area contributed by atoms with E-state index in [2.05, 4.69) is 36.3 Å². The van der Waals surface area contributed by atoms with Gasteiger partial charge in [0.15, 0.2) is 11.8 Å². The van der Waals surface area contributed by atoms with Gasteiger partial charge in [-0.25, -0.2) is 9.67 Å². The third kappa shape index (κ3) is 4.63. The summed E-state index contributed by atoms with van der Waals surface area (Å²) in [6.07, 6.45) is 1.88. The molecule has 2 N–H and O–H groups in total. The van der Waals surface area contributed by atoms with Gasteiger partial charge < -0.3 is 20.2 Å². The number of aryl methyl sites for hydroxylation is 2. The van der Waals surface area contributed by atoms with Gasteiger partial charge in [0.25, 0.3) is 0 Å². The number of anilines is 1. The first-order chi connectivity index (χ1) is 15.0. The molecule has 1 aliphatic heterocycles. The number of hydrogen-bond acceptors (Lipinski definition) is 5. The van der Waals surface area contributed by atoms with Crippen LogP contribution < -0.4 is 10.2 Å². The van der Waals surface area contributed by atoms with Crippen molar-refractivity contribution in [3.8, 4) is 11.6 Å². The molecule has 0 saturated carbocycles. The molecule has 31 heavy (non-hydrogen) atoms. The van der Waals surface area contributed by atoms with Crippen molar-refractivity contribution in [2.45, 2.75) is 20.4 Å². The maximum absolute atomic E-state index is 10.1. The summed E-state index contributed by atoms with van der Waals surface area (Å²) in [7, 11) is 1.81. The highest BCUT2D eigenvalue weighted by Crippen LogP contribution is 2.27. The molecule has 1 aliphatic rings. The molecular weight excluding hydrogens is 390 g/mol. The summed E-state index contributed by atoms with van der Waals surface area (Å²) in [6, 6.07) is 13.6. The zero-order valence-electron chi connectivity index (χ0n) is 18.3. The number of aromatic hydroxyl groups is 1. The number of phenolic OH excluding ortho intramolecular Hbond substituents is 1. The van der Waals surface area contributed by atoms with Crippen molar-refractivity contribution in [1.29, 1.82) is 0 Å².